The number of hydrogen-bond acceptors (Lipinski definition) is 4. The molecule has 1 heterocycles. The molecule has 0 unspecified atom stereocenters. The van der Waals surface area contributed by atoms with Gasteiger partial charge in [0.15, 0.2) is 0 Å². The van der Waals surface area contributed by atoms with E-state index in [1.807, 2.05) is 0 Å². The molecule has 0 atom stereocenters. The number of carbonyl (C=O) groups is 1. The second-order valence-electron chi connectivity index (χ2n) is 4.21. The third-order valence-electron chi connectivity index (χ3n) is 2.76. The van der Waals surface area contributed by atoms with Crippen molar-refractivity contribution in [1.82, 2.24) is 4.98 Å². The lowest BCUT2D eigenvalue weighted by molar-refractivity contribution is 0.0527. The molecule has 2 aromatic rings. The molecule has 6 heteroatoms. The van der Waals surface area contributed by atoms with Crippen molar-refractivity contribution >= 4 is 11.8 Å². The molecule has 0 aliphatic heterocycles. The van der Waals surface area contributed by atoms with Gasteiger partial charge in [0.25, 0.3) is 0 Å². The predicted octanol–water partition coefficient (Wildman–Crippen LogP) is 3.15. The predicted molar refractivity (Wildman–Crippen MR) is 73.9 cm³/mol. The van der Waals surface area contributed by atoms with E-state index in [1.54, 1.807) is 19.1 Å². The fourth-order valence-corrected chi connectivity index (χ4v) is 1.76. The van der Waals surface area contributed by atoms with Gasteiger partial charge >= 0.3 is 5.97 Å². The Kier molecular flexibility index (Phi) is 4.81. The number of pyridine rings is 1. The highest BCUT2D eigenvalue weighted by Gasteiger charge is 2.13. The molecule has 0 aliphatic carbocycles. The van der Waals surface area contributed by atoms with Crippen LogP contribution in [0.2, 0.25) is 0 Å². The highest BCUT2D eigenvalue weighted by atomic mass is 19.1. The molecule has 0 fully saturated rings. The monoisotopic (exact) mass is 292 g/mol. The largest absolute Gasteiger partial charge is 0.462 e. The summed E-state index contributed by atoms with van der Waals surface area (Å²) in [6, 6.07) is 6.49. The van der Waals surface area contributed by atoms with Crippen LogP contribution in [-0.2, 0) is 11.3 Å². The number of hydrogen-bond donors (Lipinski definition) is 1. The maximum absolute atomic E-state index is 13.5. The minimum Gasteiger partial charge on any atom is -0.462 e. The Morgan fingerprint density at radius 3 is 2.86 bits per heavy atom. The molecule has 1 aromatic carbocycles. The van der Waals surface area contributed by atoms with Crippen LogP contribution in [0.1, 0.15) is 22.8 Å². The van der Waals surface area contributed by atoms with Gasteiger partial charge in [-0.1, -0.05) is 6.07 Å². The molecule has 0 bridgehead atoms. The van der Waals surface area contributed by atoms with Crippen molar-refractivity contribution in [2.45, 2.75) is 13.5 Å². The van der Waals surface area contributed by atoms with Crippen LogP contribution >= 0.6 is 0 Å². The minimum atomic E-state index is -0.656. The number of nitrogens with one attached hydrogen (secondary N) is 1. The summed E-state index contributed by atoms with van der Waals surface area (Å²) in [5.74, 6) is -1.51. The van der Waals surface area contributed by atoms with Crippen LogP contribution in [0.4, 0.5) is 14.6 Å². The number of aromatic nitrogens is 1. The molecule has 0 saturated carbocycles. The Bertz CT molecular complexity index is 647. The van der Waals surface area contributed by atoms with E-state index in [-0.39, 0.29) is 24.3 Å². The fourth-order valence-electron chi connectivity index (χ4n) is 1.76. The summed E-state index contributed by atoms with van der Waals surface area (Å²) in [7, 11) is 0. The van der Waals surface area contributed by atoms with Gasteiger partial charge in [0.05, 0.1) is 6.61 Å². The Labute approximate surface area is 120 Å². The fraction of sp³-hybridized carbons (Fsp3) is 0.200. The third-order valence-corrected chi connectivity index (χ3v) is 2.76. The van der Waals surface area contributed by atoms with E-state index >= 15 is 0 Å². The summed E-state index contributed by atoms with van der Waals surface area (Å²) in [6.45, 7) is 2.03. The zero-order chi connectivity index (χ0) is 15.2. The molecule has 1 N–H and O–H groups in total. The first-order valence-electron chi connectivity index (χ1n) is 6.41. The van der Waals surface area contributed by atoms with E-state index < -0.39 is 17.6 Å². The molecule has 21 heavy (non-hydrogen) atoms. The van der Waals surface area contributed by atoms with Gasteiger partial charge in [0.2, 0.25) is 0 Å². The molecule has 0 aliphatic rings. The number of halogens is 2. The number of anilines is 1. The highest BCUT2D eigenvalue weighted by molar-refractivity contribution is 5.94. The molecule has 0 radical (unpaired) electrons. The van der Waals surface area contributed by atoms with Gasteiger partial charge in [-0.3, -0.25) is 0 Å². The Morgan fingerprint density at radius 1 is 1.33 bits per heavy atom. The number of nitrogens with zero attached hydrogens (tertiary/aromatic N) is 1. The van der Waals surface area contributed by atoms with Gasteiger partial charge in [-0.15, -0.1) is 0 Å². The summed E-state index contributed by atoms with van der Waals surface area (Å²) in [6.07, 6.45) is 1.51. The lowest BCUT2D eigenvalue weighted by atomic mass is 10.2. The molecule has 2 rings (SSSR count). The van der Waals surface area contributed by atoms with Crippen LogP contribution in [0, 0.1) is 11.6 Å². The van der Waals surface area contributed by atoms with E-state index in [4.69, 9.17) is 4.74 Å². The van der Waals surface area contributed by atoms with Crippen molar-refractivity contribution in [3.63, 3.8) is 0 Å². The normalized spacial score (nSPS) is 10.2. The van der Waals surface area contributed by atoms with Gasteiger partial charge in [-0.25, -0.2) is 18.6 Å². The number of ether oxygens (including phenoxy) is 1. The van der Waals surface area contributed by atoms with Crippen molar-refractivity contribution in [3.8, 4) is 0 Å². The first-order valence-corrected chi connectivity index (χ1v) is 6.41. The van der Waals surface area contributed by atoms with Crippen LogP contribution in [0.3, 0.4) is 0 Å². The third kappa shape index (κ3) is 3.75. The van der Waals surface area contributed by atoms with Crippen molar-refractivity contribution in [3.05, 3.63) is 59.3 Å². The van der Waals surface area contributed by atoms with E-state index in [0.29, 0.717) is 5.82 Å². The van der Waals surface area contributed by atoms with E-state index in [0.717, 1.165) is 6.07 Å². The lowest BCUT2D eigenvalue weighted by Gasteiger charge is -2.10. The average molecular weight is 292 g/mol. The van der Waals surface area contributed by atoms with Gasteiger partial charge in [0.1, 0.15) is 23.0 Å². The minimum absolute atomic E-state index is 0.0789. The van der Waals surface area contributed by atoms with Crippen LogP contribution in [0.15, 0.2) is 36.5 Å². The standard InChI is InChI=1S/C15H14F2N2O2/c1-2-21-15(20)12-4-3-7-18-14(12)19-9-10-5-6-11(16)8-13(10)17/h3-8H,2,9H2,1H3,(H,18,19). The lowest BCUT2D eigenvalue weighted by Crippen LogP contribution is -2.11. The zero-order valence-electron chi connectivity index (χ0n) is 11.4. The van der Waals surface area contributed by atoms with Crippen molar-refractivity contribution in [1.29, 1.82) is 0 Å². The SMILES string of the molecule is CCOC(=O)c1cccnc1NCc1ccc(F)cc1F. The van der Waals surface area contributed by atoms with E-state index in [2.05, 4.69) is 10.3 Å². The van der Waals surface area contributed by atoms with Crippen LogP contribution in [-0.4, -0.2) is 17.6 Å². The quantitative estimate of drug-likeness (QED) is 0.860. The van der Waals surface area contributed by atoms with E-state index in [1.165, 1.54) is 18.3 Å². The molecular weight excluding hydrogens is 278 g/mol. The summed E-state index contributed by atoms with van der Waals surface area (Å²) in [4.78, 5) is 15.8. The molecule has 4 nitrogen and oxygen atoms in total. The maximum Gasteiger partial charge on any atom is 0.341 e. The molecule has 0 spiro atoms. The second-order valence-corrected chi connectivity index (χ2v) is 4.21. The van der Waals surface area contributed by atoms with Crippen molar-refractivity contribution in [2.75, 3.05) is 11.9 Å². The molecule has 0 saturated heterocycles. The molecule has 110 valence electrons. The van der Waals surface area contributed by atoms with Crippen LogP contribution in [0.5, 0.6) is 0 Å². The van der Waals surface area contributed by atoms with Gasteiger partial charge in [-0.2, -0.15) is 0 Å². The summed E-state index contributed by atoms with van der Waals surface area (Å²) < 4.78 is 31.3. The number of esters is 1. The van der Waals surface area contributed by atoms with Crippen molar-refractivity contribution < 1.29 is 18.3 Å². The summed E-state index contributed by atoms with van der Waals surface area (Å²) in [5.41, 5.74) is 0.540. The molecule has 0 amide bonds. The zero-order valence-corrected chi connectivity index (χ0v) is 11.4. The molecule has 1 aromatic heterocycles. The number of rotatable bonds is 5. The Balaban J connectivity index is 2.14. The Morgan fingerprint density at radius 2 is 2.14 bits per heavy atom. The average Bonchev–Trinajstić information content (AvgIpc) is 2.47. The number of benzene rings is 1. The van der Waals surface area contributed by atoms with Gasteiger partial charge in [-0.05, 0) is 25.1 Å². The topological polar surface area (TPSA) is 51.2 Å². The first-order chi connectivity index (χ1) is 10.1. The first kappa shape index (κ1) is 14.9. The maximum atomic E-state index is 13.5. The van der Waals surface area contributed by atoms with Crippen LogP contribution in [0.25, 0.3) is 0 Å². The van der Waals surface area contributed by atoms with Gasteiger partial charge in [0, 0.05) is 24.4 Å². The Hall–Kier alpha value is -2.50. The van der Waals surface area contributed by atoms with Gasteiger partial charge < -0.3 is 10.1 Å². The van der Waals surface area contributed by atoms with Crippen molar-refractivity contribution in [2.24, 2.45) is 0 Å². The smallest absolute Gasteiger partial charge is 0.341 e. The van der Waals surface area contributed by atoms with E-state index in [9.17, 15) is 13.6 Å². The second kappa shape index (κ2) is 6.78. The summed E-state index contributed by atoms with van der Waals surface area (Å²) in [5, 5.41) is 2.85. The molecular formula is C15H14F2N2O2. The van der Waals surface area contributed by atoms with Crippen LogP contribution < -0.4 is 5.32 Å². The summed E-state index contributed by atoms with van der Waals surface area (Å²) >= 11 is 0. The number of carbonyl (C=O) groups excluding carboxylic acids is 1. The highest BCUT2D eigenvalue weighted by Crippen LogP contribution is 2.16.